The molecule has 296 valence electrons. The maximum Gasteiger partial charge on any atom is 0.318 e. The molecule has 14 nitrogen and oxygen atoms in total. The van der Waals surface area contributed by atoms with Crippen molar-refractivity contribution in [1.82, 2.24) is 24.8 Å². The van der Waals surface area contributed by atoms with E-state index < -0.39 is 51.9 Å². The Morgan fingerprint density at radius 2 is 1.80 bits per heavy atom. The van der Waals surface area contributed by atoms with Gasteiger partial charge in [-0.15, -0.1) is 11.3 Å². The van der Waals surface area contributed by atoms with Gasteiger partial charge in [0, 0.05) is 32.6 Å². The molecule has 1 aromatic heterocycles. The van der Waals surface area contributed by atoms with Crippen LogP contribution in [0.4, 0.5) is 4.79 Å². The van der Waals surface area contributed by atoms with Gasteiger partial charge in [-0.2, -0.15) is 4.31 Å². The number of methoxy groups -OCH3 is 1. The van der Waals surface area contributed by atoms with Gasteiger partial charge in [-0.3, -0.25) is 4.79 Å². The average molecular weight is 787 g/mol. The maximum atomic E-state index is 14.3. The summed E-state index contributed by atoms with van der Waals surface area (Å²) in [6, 6.07) is 12.5. The number of oxime groups is 1. The first-order valence-electron chi connectivity index (χ1n) is 18.0. The number of nitrogens with zero attached hydrogens (tertiary/aromatic N) is 4. The Balaban J connectivity index is 1.59. The van der Waals surface area contributed by atoms with Crippen LogP contribution in [0.25, 0.3) is 0 Å². The van der Waals surface area contributed by atoms with Crippen LogP contribution in [0, 0.1) is 5.92 Å². The summed E-state index contributed by atoms with van der Waals surface area (Å²) in [7, 11) is -0.895. The zero-order chi connectivity index (χ0) is 39.5. The molecular formula is C38H54N6O8S2. The van der Waals surface area contributed by atoms with Crippen LogP contribution in [0.3, 0.4) is 0 Å². The first kappa shape index (κ1) is 42.8. The van der Waals surface area contributed by atoms with Crippen LogP contribution in [0.5, 0.6) is 0 Å². The summed E-state index contributed by atoms with van der Waals surface area (Å²) in [5.74, 6) is -0.461. The van der Waals surface area contributed by atoms with Crippen LogP contribution in [0.1, 0.15) is 68.8 Å². The van der Waals surface area contributed by atoms with Gasteiger partial charge in [0.05, 0.1) is 53.8 Å². The minimum atomic E-state index is -4.08. The van der Waals surface area contributed by atoms with Crippen LogP contribution in [0.2, 0.25) is 0 Å². The van der Waals surface area contributed by atoms with E-state index in [-0.39, 0.29) is 36.9 Å². The zero-order valence-corrected chi connectivity index (χ0v) is 33.5. The lowest BCUT2D eigenvalue weighted by molar-refractivity contribution is -0.132. The average Bonchev–Trinajstić information content (AvgIpc) is 3.54. The number of rotatable bonds is 19. The third kappa shape index (κ3) is 12.6. The second-order valence-corrected chi connectivity index (χ2v) is 17.6. The number of ether oxygens (including phenoxy) is 2. The number of hydrogen-bond donors (Lipinski definition) is 4. The SMILES string of the molecule is COCc1nc(CN(C)C(=O)N[C@@H](C(=O)N[C@@H](Cc2ccccc2)C(O)CN(CC2CCC2)S(=O)(=O)c2ccc(/C=N/O)cc2)[C@@H](C)OC(C)(C)C)cs1. The zero-order valence-electron chi connectivity index (χ0n) is 31.8. The number of aliphatic hydroxyl groups is 1. The second kappa shape index (κ2) is 19.6. The van der Waals surface area contributed by atoms with Crippen molar-refractivity contribution in [3.05, 3.63) is 81.8 Å². The van der Waals surface area contributed by atoms with E-state index >= 15 is 0 Å². The maximum absolute atomic E-state index is 14.3. The number of benzene rings is 2. The Labute approximate surface area is 322 Å². The van der Waals surface area contributed by atoms with Crippen molar-refractivity contribution >= 4 is 39.5 Å². The molecule has 1 aliphatic carbocycles. The Bertz CT molecular complexity index is 1780. The summed E-state index contributed by atoms with van der Waals surface area (Å²) < 4.78 is 40.7. The van der Waals surface area contributed by atoms with E-state index in [2.05, 4.69) is 20.8 Å². The molecule has 16 heteroatoms. The predicted molar refractivity (Wildman–Crippen MR) is 207 cm³/mol. The molecule has 0 aliphatic heterocycles. The van der Waals surface area contributed by atoms with Crippen molar-refractivity contribution in [2.75, 3.05) is 27.2 Å². The Kier molecular flexibility index (Phi) is 15.5. The number of hydrogen-bond acceptors (Lipinski definition) is 11. The van der Waals surface area contributed by atoms with Gasteiger partial charge in [0.1, 0.15) is 11.0 Å². The third-order valence-electron chi connectivity index (χ3n) is 9.08. The normalized spacial score (nSPS) is 16.1. The number of nitrogens with one attached hydrogen (secondary N) is 2. The van der Waals surface area contributed by atoms with E-state index in [4.69, 9.17) is 14.7 Å². The van der Waals surface area contributed by atoms with Gasteiger partial charge in [-0.05, 0) is 76.1 Å². The summed E-state index contributed by atoms with van der Waals surface area (Å²) in [5.41, 5.74) is 1.35. The molecule has 0 radical (unpaired) electrons. The predicted octanol–water partition coefficient (Wildman–Crippen LogP) is 4.39. The number of amides is 3. The highest BCUT2D eigenvalue weighted by Crippen LogP contribution is 2.30. The van der Waals surface area contributed by atoms with E-state index in [0.29, 0.717) is 17.9 Å². The molecule has 4 rings (SSSR count). The summed E-state index contributed by atoms with van der Waals surface area (Å²) >= 11 is 1.43. The van der Waals surface area contributed by atoms with E-state index in [0.717, 1.165) is 29.8 Å². The number of aromatic nitrogens is 1. The fraction of sp³-hybridized carbons (Fsp3) is 0.526. The van der Waals surface area contributed by atoms with E-state index in [1.807, 2.05) is 56.5 Å². The molecule has 1 aliphatic rings. The van der Waals surface area contributed by atoms with Gasteiger partial charge in [-0.1, -0.05) is 54.0 Å². The number of aliphatic hydroxyl groups excluding tert-OH is 1. The lowest BCUT2D eigenvalue weighted by Gasteiger charge is -2.36. The van der Waals surface area contributed by atoms with Crippen molar-refractivity contribution in [3.8, 4) is 0 Å². The van der Waals surface area contributed by atoms with E-state index in [9.17, 15) is 23.1 Å². The molecule has 54 heavy (non-hydrogen) atoms. The summed E-state index contributed by atoms with van der Waals surface area (Å²) in [5, 5.41) is 32.2. The first-order chi connectivity index (χ1) is 25.6. The number of urea groups is 1. The number of carbonyl (C=O) groups is 2. The van der Waals surface area contributed by atoms with Crippen molar-refractivity contribution in [1.29, 1.82) is 0 Å². The fourth-order valence-corrected chi connectivity index (χ4v) is 8.42. The lowest BCUT2D eigenvalue weighted by Crippen LogP contribution is -2.60. The molecular weight excluding hydrogens is 733 g/mol. The van der Waals surface area contributed by atoms with Gasteiger partial charge in [0.25, 0.3) is 0 Å². The molecule has 1 heterocycles. The van der Waals surface area contributed by atoms with Crippen molar-refractivity contribution in [2.24, 2.45) is 11.1 Å². The van der Waals surface area contributed by atoms with E-state index in [1.165, 1.54) is 51.0 Å². The quantitative estimate of drug-likeness (QED) is 0.0778. The number of thiazole rings is 1. The van der Waals surface area contributed by atoms with Gasteiger partial charge < -0.3 is 35.3 Å². The van der Waals surface area contributed by atoms with Crippen molar-refractivity contribution in [3.63, 3.8) is 0 Å². The molecule has 2 aromatic carbocycles. The third-order valence-corrected chi connectivity index (χ3v) is 11.8. The van der Waals surface area contributed by atoms with Crippen molar-refractivity contribution < 1.29 is 37.8 Å². The minimum Gasteiger partial charge on any atom is -0.411 e. The number of carbonyl (C=O) groups excluding carboxylic acids is 2. The monoisotopic (exact) mass is 786 g/mol. The first-order valence-corrected chi connectivity index (χ1v) is 20.3. The fourth-order valence-electron chi connectivity index (χ4n) is 6.13. The van der Waals surface area contributed by atoms with Gasteiger partial charge in [-0.25, -0.2) is 18.2 Å². The Morgan fingerprint density at radius 3 is 2.39 bits per heavy atom. The standard InChI is InChI=1S/C38H54N6O8S2/c1-26(52-38(2,3)4)35(42-37(47)43(5)22-30-25-53-34(40-30)24-51-6)36(46)41-32(19-27-11-8-7-9-12-27)33(45)23-44(21-29-13-10-14-29)54(49,50)31-17-15-28(16-18-31)20-39-48/h7-9,11-12,15-18,20,25-26,29,32-33,35,45,48H,10,13-14,19,21-24H2,1-6H3,(H,41,46)(H,42,47)/b39-20+/t26-,32+,33?,35-/m1/s1. The van der Waals surface area contributed by atoms with Gasteiger partial charge in [0.15, 0.2) is 0 Å². The second-order valence-electron chi connectivity index (χ2n) is 14.7. The van der Waals surface area contributed by atoms with Crippen LogP contribution < -0.4 is 10.6 Å². The molecule has 3 amide bonds. The Morgan fingerprint density at radius 1 is 1.11 bits per heavy atom. The van der Waals surface area contributed by atoms with Crippen LogP contribution in [-0.4, -0.2) is 108 Å². The van der Waals surface area contributed by atoms with Crippen molar-refractivity contribution in [2.45, 2.75) is 101 Å². The topological polar surface area (TPSA) is 183 Å². The lowest BCUT2D eigenvalue weighted by atomic mass is 9.85. The highest BCUT2D eigenvalue weighted by Gasteiger charge is 2.37. The Hall–Kier alpha value is -3.93. The molecule has 4 atom stereocenters. The summed E-state index contributed by atoms with van der Waals surface area (Å²) in [6.07, 6.45) is 1.99. The molecule has 0 spiro atoms. The highest BCUT2D eigenvalue weighted by atomic mass is 32.2. The van der Waals surface area contributed by atoms with Crippen LogP contribution in [-0.2, 0) is 43.9 Å². The summed E-state index contributed by atoms with van der Waals surface area (Å²) in [6.45, 7) is 7.70. The molecule has 0 bridgehead atoms. The smallest absolute Gasteiger partial charge is 0.318 e. The van der Waals surface area contributed by atoms with Crippen LogP contribution >= 0.6 is 11.3 Å². The minimum absolute atomic E-state index is 0.0281. The number of sulfonamides is 1. The molecule has 1 unspecified atom stereocenters. The molecule has 3 aromatic rings. The summed E-state index contributed by atoms with van der Waals surface area (Å²) in [4.78, 5) is 33.8. The highest BCUT2D eigenvalue weighted by molar-refractivity contribution is 7.89. The van der Waals surface area contributed by atoms with Crippen LogP contribution in [0.15, 0.2) is 70.0 Å². The molecule has 0 saturated heterocycles. The largest absolute Gasteiger partial charge is 0.411 e. The van der Waals surface area contributed by atoms with Gasteiger partial charge in [0.2, 0.25) is 15.9 Å². The molecule has 1 saturated carbocycles. The molecule has 4 N–H and O–H groups in total. The molecule has 1 fully saturated rings. The van der Waals surface area contributed by atoms with E-state index in [1.54, 1.807) is 21.1 Å². The van der Waals surface area contributed by atoms with Gasteiger partial charge >= 0.3 is 6.03 Å².